The zero-order valence-corrected chi connectivity index (χ0v) is 8.31. The first kappa shape index (κ1) is 11.9. The van der Waals surface area contributed by atoms with Crippen LogP contribution in [0.3, 0.4) is 0 Å². The maximum absolute atomic E-state index is 11.0. The SMILES string of the molecule is CNC(=O)CNC(=O)CNC(C)C. The van der Waals surface area contributed by atoms with Crippen LogP contribution in [0, 0.1) is 0 Å². The highest BCUT2D eigenvalue weighted by atomic mass is 16.2. The molecule has 3 N–H and O–H groups in total. The maximum Gasteiger partial charge on any atom is 0.239 e. The Morgan fingerprint density at radius 1 is 1.15 bits per heavy atom. The van der Waals surface area contributed by atoms with Crippen molar-refractivity contribution in [3.63, 3.8) is 0 Å². The Bertz CT molecular complexity index is 180. The quantitative estimate of drug-likeness (QED) is 0.509. The third-order valence-electron chi connectivity index (χ3n) is 1.40. The molecule has 0 spiro atoms. The Labute approximate surface area is 78.3 Å². The average Bonchev–Trinajstić information content (AvgIpc) is 2.10. The second-order valence-electron chi connectivity index (χ2n) is 2.99. The number of rotatable bonds is 5. The zero-order valence-electron chi connectivity index (χ0n) is 8.31. The van der Waals surface area contributed by atoms with Crippen LogP contribution in [0.25, 0.3) is 0 Å². The van der Waals surface area contributed by atoms with Gasteiger partial charge in [0.15, 0.2) is 0 Å². The lowest BCUT2D eigenvalue weighted by atomic mass is 10.4. The van der Waals surface area contributed by atoms with Crippen molar-refractivity contribution in [1.82, 2.24) is 16.0 Å². The van der Waals surface area contributed by atoms with Crippen LogP contribution < -0.4 is 16.0 Å². The lowest BCUT2D eigenvalue weighted by molar-refractivity contribution is -0.125. The van der Waals surface area contributed by atoms with Gasteiger partial charge in [-0.3, -0.25) is 9.59 Å². The molecule has 2 amide bonds. The summed E-state index contributed by atoms with van der Waals surface area (Å²) in [5.41, 5.74) is 0. The van der Waals surface area contributed by atoms with Gasteiger partial charge in [-0.25, -0.2) is 0 Å². The molecule has 5 nitrogen and oxygen atoms in total. The van der Waals surface area contributed by atoms with Crippen molar-refractivity contribution in [2.45, 2.75) is 19.9 Å². The van der Waals surface area contributed by atoms with Crippen LogP contribution in [0.2, 0.25) is 0 Å². The summed E-state index contributed by atoms with van der Waals surface area (Å²) in [4.78, 5) is 21.7. The molecule has 0 radical (unpaired) electrons. The number of carbonyl (C=O) groups is 2. The van der Waals surface area contributed by atoms with E-state index < -0.39 is 0 Å². The van der Waals surface area contributed by atoms with Gasteiger partial charge in [-0.05, 0) is 0 Å². The molecule has 0 saturated carbocycles. The number of hydrogen-bond donors (Lipinski definition) is 3. The second-order valence-corrected chi connectivity index (χ2v) is 2.99. The van der Waals surface area contributed by atoms with E-state index in [1.54, 1.807) is 0 Å². The molecule has 0 aliphatic rings. The van der Waals surface area contributed by atoms with Crippen molar-refractivity contribution >= 4 is 11.8 Å². The van der Waals surface area contributed by atoms with Crippen LogP contribution in [0.1, 0.15) is 13.8 Å². The maximum atomic E-state index is 11.0. The monoisotopic (exact) mass is 187 g/mol. The van der Waals surface area contributed by atoms with Crippen LogP contribution in [0.5, 0.6) is 0 Å². The number of carbonyl (C=O) groups excluding carboxylic acids is 2. The average molecular weight is 187 g/mol. The molecule has 0 aromatic carbocycles. The first-order valence-corrected chi connectivity index (χ1v) is 4.27. The molecule has 0 aliphatic heterocycles. The topological polar surface area (TPSA) is 70.2 Å². The molecule has 0 saturated heterocycles. The van der Waals surface area contributed by atoms with E-state index in [4.69, 9.17) is 0 Å². The molecule has 0 atom stereocenters. The highest BCUT2D eigenvalue weighted by Crippen LogP contribution is 1.74. The van der Waals surface area contributed by atoms with Gasteiger partial charge in [-0.15, -0.1) is 0 Å². The lowest BCUT2D eigenvalue weighted by Crippen LogP contribution is -2.41. The smallest absolute Gasteiger partial charge is 0.239 e. The molecule has 76 valence electrons. The molecule has 0 aromatic rings. The van der Waals surface area contributed by atoms with Gasteiger partial charge in [0.05, 0.1) is 13.1 Å². The lowest BCUT2D eigenvalue weighted by Gasteiger charge is -2.07. The summed E-state index contributed by atoms with van der Waals surface area (Å²) in [6.45, 7) is 4.18. The number of likely N-dealkylation sites (N-methyl/N-ethyl adjacent to an activating group) is 1. The summed E-state index contributed by atoms with van der Waals surface area (Å²) in [5.74, 6) is -0.366. The molecule has 0 unspecified atom stereocenters. The fourth-order valence-corrected chi connectivity index (χ4v) is 0.627. The van der Waals surface area contributed by atoms with Gasteiger partial charge in [0.2, 0.25) is 11.8 Å². The third-order valence-corrected chi connectivity index (χ3v) is 1.40. The summed E-state index contributed by atoms with van der Waals surface area (Å²) < 4.78 is 0. The molecule has 0 heterocycles. The van der Waals surface area contributed by atoms with Crippen LogP contribution in [-0.4, -0.2) is 38.0 Å². The van der Waals surface area contributed by atoms with E-state index in [0.717, 1.165) is 0 Å². The van der Waals surface area contributed by atoms with Crippen LogP contribution >= 0.6 is 0 Å². The predicted octanol–water partition coefficient (Wildman–Crippen LogP) is -1.15. The summed E-state index contributed by atoms with van der Waals surface area (Å²) >= 11 is 0. The molecule has 0 aliphatic carbocycles. The van der Waals surface area contributed by atoms with E-state index in [9.17, 15) is 9.59 Å². The predicted molar refractivity (Wildman–Crippen MR) is 50.2 cm³/mol. The van der Waals surface area contributed by atoms with E-state index >= 15 is 0 Å². The van der Waals surface area contributed by atoms with Crippen molar-refractivity contribution < 1.29 is 9.59 Å². The Hall–Kier alpha value is -1.10. The Kier molecular flexibility index (Phi) is 5.88. The highest BCUT2D eigenvalue weighted by molar-refractivity contribution is 5.85. The van der Waals surface area contributed by atoms with Gasteiger partial charge in [-0.1, -0.05) is 13.8 Å². The van der Waals surface area contributed by atoms with Gasteiger partial charge in [0.25, 0.3) is 0 Å². The third kappa shape index (κ3) is 7.27. The fourth-order valence-electron chi connectivity index (χ4n) is 0.627. The molecule has 13 heavy (non-hydrogen) atoms. The molecular formula is C8H17N3O2. The zero-order chi connectivity index (χ0) is 10.3. The summed E-state index contributed by atoms with van der Waals surface area (Å²) in [5, 5.41) is 7.83. The number of amides is 2. The number of nitrogens with one attached hydrogen (secondary N) is 3. The summed E-state index contributed by atoms with van der Waals surface area (Å²) in [7, 11) is 1.53. The van der Waals surface area contributed by atoms with Gasteiger partial charge in [0, 0.05) is 13.1 Å². The first-order valence-electron chi connectivity index (χ1n) is 4.27. The summed E-state index contributed by atoms with van der Waals surface area (Å²) in [6, 6.07) is 0.269. The van der Waals surface area contributed by atoms with Crippen molar-refractivity contribution in [1.29, 1.82) is 0 Å². The largest absolute Gasteiger partial charge is 0.358 e. The van der Waals surface area contributed by atoms with Crippen LogP contribution in [0.4, 0.5) is 0 Å². The van der Waals surface area contributed by atoms with Gasteiger partial charge in [-0.2, -0.15) is 0 Å². The Morgan fingerprint density at radius 3 is 2.23 bits per heavy atom. The van der Waals surface area contributed by atoms with E-state index in [2.05, 4.69) is 16.0 Å². The molecule has 0 bridgehead atoms. The molecule has 0 rings (SSSR count). The normalized spacial score (nSPS) is 9.85. The molecular weight excluding hydrogens is 170 g/mol. The number of hydrogen-bond acceptors (Lipinski definition) is 3. The van der Waals surface area contributed by atoms with Crippen molar-refractivity contribution in [2.24, 2.45) is 0 Å². The highest BCUT2D eigenvalue weighted by Gasteiger charge is 2.03. The van der Waals surface area contributed by atoms with Crippen molar-refractivity contribution in [3.8, 4) is 0 Å². The van der Waals surface area contributed by atoms with E-state index in [-0.39, 0.29) is 30.9 Å². The molecule has 0 aromatic heterocycles. The van der Waals surface area contributed by atoms with Crippen molar-refractivity contribution in [3.05, 3.63) is 0 Å². The van der Waals surface area contributed by atoms with Crippen molar-refractivity contribution in [2.75, 3.05) is 20.1 Å². The van der Waals surface area contributed by atoms with E-state index in [1.165, 1.54) is 7.05 Å². The van der Waals surface area contributed by atoms with Crippen LogP contribution in [-0.2, 0) is 9.59 Å². The van der Waals surface area contributed by atoms with Gasteiger partial charge in [0.1, 0.15) is 0 Å². The van der Waals surface area contributed by atoms with E-state index in [0.29, 0.717) is 0 Å². The van der Waals surface area contributed by atoms with Crippen LogP contribution in [0.15, 0.2) is 0 Å². The first-order chi connectivity index (χ1) is 6.06. The second kappa shape index (κ2) is 6.42. The van der Waals surface area contributed by atoms with Gasteiger partial charge < -0.3 is 16.0 Å². The standard InChI is InChI=1S/C8H17N3O2/c1-6(2)10-5-8(13)11-4-7(12)9-3/h6,10H,4-5H2,1-3H3,(H,9,12)(H,11,13). The molecule has 5 heteroatoms. The van der Waals surface area contributed by atoms with Gasteiger partial charge >= 0.3 is 0 Å². The minimum atomic E-state index is -0.196. The fraction of sp³-hybridized carbons (Fsp3) is 0.750. The summed E-state index contributed by atoms with van der Waals surface area (Å²) in [6.07, 6.45) is 0. The minimum absolute atomic E-state index is 0.0368. The Morgan fingerprint density at radius 2 is 1.77 bits per heavy atom. The Balaban J connectivity index is 3.46. The molecule has 0 fully saturated rings. The van der Waals surface area contributed by atoms with E-state index in [1.807, 2.05) is 13.8 Å². The minimum Gasteiger partial charge on any atom is -0.358 e.